The molecule has 4 aromatic rings. The Kier molecular flexibility index (Phi) is 4.70. The first-order valence-electron chi connectivity index (χ1n) is 10.1. The Bertz CT molecular complexity index is 1260. The first kappa shape index (κ1) is 19.0. The average Bonchev–Trinajstić information content (AvgIpc) is 3.38. The molecular weight excluding hydrogens is 394 g/mol. The molecule has 3 heterocycles. The van der Waals surface area contributed by atoms with E-state index < -0.39 is 11.9 Å². The van der Waals surface area contributed by atoms with Crippen molar-refractivity contribution in [3.05, 3.63) is 71.8 Å². The van der Waals surface area contributed by atoms with E-state index >= 15 is 0 Å². The molecule has 2 amide bonds. The molecule has 0 fully saturated rings. The molecule has 2 aromatic carbocycles. The zero-order chi connectivity index (χ0) is 21.4. The summed E-state index contributed by atoms with van der Waals surface area (Å²) >= 11 is 0. The van der Waals surface area contributed by atoms with E-state index in [9.17, 15) is 9.59 Å². The molecule has 2 aromatic heterocycles. The summed E-state index contributed by atoms with van der Waals surface area (Å²) in [6.07, 6.45) is 0.970. The summed E-state index contributed by atoms with van der Waals surface area (Å²) in [4.78, 5) is 31.7. The second kappa shape index (κ2) is 7.67. The third-order valence-electron chi connectivity index (χ3n) is 5.45. The van der Waals surface area contributed by atoms with E-state index in [1.165, 1.54) is 0 Å². The molecule has 2 N–H and O–H groups in total. The molecule has 31 heavy (non-hydrogen) atoms. The van der Waals surface area contributed by atoms with Crippen LogP contribution in [0.5, 0.6) is 0 Å². The van der Waals surface area contributed by atoms with Crippen molar-refractivity contribution in [1.82, 2.24) is 30.3 Å². The minimum absolute atomic E-state index is 0.0221. The summed E-state index contributed by atoms with van der Waals surface area (Å²) < 4.78 is 1.82. The van der Waals surface area contributed by atoms with Crippen molar-refractivity contribution < 1.29 is 9.59 Å². The standard InChI is InChI=1S/C22H21N7O2/c1-28-21-15-9-5-6-10-16(15)27-29(21)12-11-17(22(28)31)23-20(30)19-24-18(25-26-19)13-14-7-3-2-4-8-14/h2-10,17H,11-13H2,1H3,(H,23,30)(H,24,25,26). The maximum absolute atomic E-state index is 13.1. The molecule has 0 bridgehead atoms. The number of H-pyrrole nitrogens is 1. The fourth-order valence-corrected chi connectivity index (χ4v) is 3.91. The number of nitrogens with one attached hydrogen (secondary N) is 2. The number of rotatable bonds is 4. The number of carbonyl (C=O) groups is 2. The Morgan fingerprint density at radius 2 is 1.94 bits per heavy atom. The van der Waals surface area contributed by atoms with E-state index in [0.29, 0.717) is 25.2 Å². The molecule has 5 rings (SSSR count). The van der Waals surface area contributed by atoms with Gasteiger partial charge in [-0.1, -0.05) is 42.5 Å². The summed E-state index contributed by atoms with van der Waals surface area (Å²) in [5.74, 6) is 0.672. The van der Waals surface area contributed by atoms with E-state index in [4.69, 9.17) is 0 Å². The molecular formula is C22H21N7O2. The predicted octanol–water partition coefficient (Wildman–Crippen LogP) is 1.91. The molecule has 156 valence electrons. The minimum atomic E-state index is -0.686. The van der Waals surface area contributed by atoms with Crippen LogP contribution in [0.1, 0.15) is 28.4 Å². The smallest absolute Gasteiger partial charge is 0.291 e. The number of amides is 2. The zero-order valence-corrected chi connectivity index (χ0v) is 16.9. The van der Waals surface area contributed by atoms with Crippen LogP contribution in [-0.4, -0.2) is 49.9 Å². The summed E-state index contributed by atoms with van der Waals surface area (Å²) in [5.41, 5.74) is 1.90. The largest absolute Gasteiger partial charge is 0.337 e. The lowest BCUT2D eigenvalue weighted by atomic mass is 10.1. The number of anilines is 1. The van der Waals surface area contributed by atoms with E-state index in [0.717, 1.165) is 22.3 Å². The van der Waals surface area contributed by atoms with Gasteiger partial charge in [0.2, 0.25) is 5.82 Å². The molecule has 0 spiro atoms. The molecule has 9 nitrogen and oxygen atoms in total. The lowest BCUT2D eigenvalue weighted by Gasteiger charge is -2.20. The second-order valence-corrected chi connectivity index (χ2v) is 7.54. The summed E-state index contributed by atoms with van der Waals surface area (Å²) in [5, 5.41) is 15.1. The van der Waals surface area contributed by atoms with Crippen LogP contribution in [0, 0.1) is 0 Å². The van der Waals surface area contributed by atoms with Gasteiger partial charge in [0.1, 0.15) is 17.7 Å². The van der Waals surface area contributed by atoms with Gasteiger partial charge in [-0.25, -0.2) is 9.67 Å². The lowest BCUT2D eigenvalue weighted by Crippen LogP contribution is -2.47. The highest BCUT2D eigenvalue weighted by Gasteiger charge is 2.32. The van der Waals surface area contributed by atoms with E-state index in [-0.39, 0.29) is 11.7 Å². The predicted molar refractivity (Wildman–Crippen MR) is 115 cm³/mol. The number of hydrogen-bond acceptors (Lipinski definition) is 5. The van der Waals surface area contributed by atoms with Gasteiger partial charge in [-0.3, -0.25) is 19.6 Å². The molecule has 1 aliphatic heterocycles. The number of carbonyl (C=O) groups excluding carboxylic acids is 2. The number of aryl methyl sites for hydroxylation is 1. The second-order valence-electron chi connectivity index (χ2n) is 7.54. The summed E-state index contributed by atoms with van der Waals surface area (Å²) in [6, 6.07) is 16.8. The Morgan fingerprint density at radius 3 is 2.77 bits per heavy atom. The van der Waals surface area contributed by atoms with Gasteiger partial charge in [-0.2, -0.15) is 5.10 Å². The first-order valence-corrected chi connectivity index (χ1v) is 10.1. The Labute approximate surface area is 178 Å². The number of likely N-dealkylation sites (N-methyl/N-ethyl adjacent to an activating group) is 1. The third kappa shape index (κ3) is 3.54. The fourth-order valence-electron chi connectivity index (χ4n) is 3.91. The minimum Gasteiger partial charge on any atom is -0.337 e. The van der Waals surface area contributed by atoms with Gasteiger partial charge in [0.05, 0.1) is 5.52 Å². The van der Waals surface area contributed by atoms with Crippen molar-refractivity contribution in [2.45, 2.75) is 25.4 Å². The lowest BCUT2D eigenvalue weighted by molar-refractivity contribution is -0.120. The van der Waals surface area contributed by atoms with Crippen molar-refractivity contribution in [3.63, 3.8) is 0 Å². The normalized spacial score (nSPS) is 16.2. The van der Waals surface area contributed by atoms with Crippen LogP contribution in [0.25, 0.3) is 10.9 Å². The highest BCUT2D eigenvalue weighted by molar-refractivity contribution is 6.05. The highest BCUT2D eigenvalue weighted by atomic mass is 16.2. The summed E-state index contributed by atoms with van der Waals surface area (Å²) in [7, 11) is 1.71. The molecule has 1 aliphatic rings. The van der Waals surface area contributed by atoms with Crippen LogP contribution in [0.2, 0.25) is 0 Å². The Balaban J connectivity index is 1.31. The van der Waals surface area contributed by atoms with E-state index in [2.05, 4.69) is 25.6 Å². The number of benzene rings is 2. The van der Waals surface area contributed by atoms with Crippen LogP contribution in [0.3, 0.4) is 0 Å². The number of hydrogen-bond donors (Lipinski definition) is 2. The monoisotopic (exact) mass is 415 g/mol. The van der Waals surface area contributed by atoms with Gasteiger partial charge < -0.3 is 5.32 Å². The van der Waals surface area contributed by atoms with Crippen molar-refractivity contribution in [2.24, 2.45) is 0 Å². The van der Waals surface area contributed by atoms with Crippen LogP contribution in [-0.2, 0) is 17.8 Å². The number of aromatic amines is 1. The topological polar surface area (TPSA) is 109 Å². The van der Waals surface area contributed by atoms with Crippen LogP contribution in [0.4, 0.5) is 5.82 Å². The maximum Gasteiger partial charge on any atom is 0.291 e. The fraction of sp³-hybridized carbons (Fsp3) is 0.227. The average molecular weight is 415 g/mol. The number of nitrogens with zero attached hydrogens (tertiary/aromatic N) is 5. The van der Waals surface area contributed by atoms with Gasteiger partial charge in [0, 0.05) is 25.4 Å². The first-order chi connectivity index (χ1) is 15.1. The summed E-state index contributed by atoms with van der Waals surface area (Å²) in [6.45, 7) is 0.512. The van der Waals surface area contributed by atoms with Crippen LogP contribution < -0.4 is 10.2 Å². The Morgan fingerprint density at radius 1 is 1.16 bits per heavy atom. The van der Waals surface area contributed by atoms with Gasteiger partial charge in [-0.05, 0) is 24.1 Å². The quantitative estimate of drug-likeness (QED) is 0.529. The number of fused-ring (bicyclic) bond motifs is 3. The molecule has 0 saturated carbocycles. The Hall–Kier alpha value is -4.01. The molecule has 0 saturated heterocycles. The molecule has 0 radical (unpaired) electrons. The number of aromatic nitrogens is 5. The molecule has 9 heteroatoms. The van der Waals surface area contributed by atoms with E-state index in [1.54, 1.807) is 11.9 Å². The van der Waals surface area contributed by atoms with Gasteiger partial charge in [0.25, 0.3) is 11.8 Å². The van der Waals surface area contributed by atoms with Crippen molar-refractivity contribution in [1.29, 1.82) is 0 Å². The third-order valence-corrected chi connectivity index (χ3v) is 5.45. The van der Waals surface area contributed by atoms with Crippen molar-refractivity contribution in [3.8, 4) is 0 Å². The van der Waals surface area contributed by atoms with Gasteiger partial charge in [0.15, 0.2) is 0 Å². The van der Waals surface area contributed by atoms with Crippen LogP contribution >= 0.6 is 0 Å². The molecule has 1 unspecified atom stereocenters. The zero-order valence-electron chi connectivity index (χ0n) is 16.9. The highest BCUT2D eigenvalue weighted by Crippen LogP contribution is 2.29. The van der Waals surface area contributed by atoms with Crippen molar-refractivity contribution >= 4 is 28.5 Å². The maximum atomic E-state index is 13.1. The van der Waals surface area contributed by atoms with Crippen molar-refractivity contribution in [2.75, 3.05) is 11.9 Å². The molecule has 0 aliphatic carbocycles. The van der Waals surface area contributed by atoms with Crippen LogP contribution in [0.15, 0.2) is 54.6 Å². The SMILES string of the molecule is CN1C(=O)C(NC(=O)c2n[nH]c(Cc3ccccc3)n2)CCn2nc3ccccc3c21. The molecule has 1 atom stereocenters. The van der Waals surface area contributed by atoms with Gasteiger partial charge in [-0.15, -0.1) is 5.10 Å². The van der Waals surface area contributed by atoms with Gasteiger partial charge >= 0.3 is 0 Å². The van der Waals surface area contributed by atoms with E-state index in [1.807, 2.05) is 59.3 Å².